The van der Waals surface area contributed by atoms with Crippen molar-refractivity contribution in [3.05, 3.63) is 71.6 Å². The van der Waals surface area contributed by atoms with Crippen molar-refractivity contribution in [3.8, 4) is 0 Å². The van der Waals surface area contributed by atoms with E-state index in [4.69, 9.17) is 18.9 Å². The monoisotopic (exact) mass is 827 g/mol. The summed E-state index contributed by atoms with van der Waals surface area (Å²) in [6.45, 7) is 10.1. The topological polar surface area (TPSA) is 215 Å². The predicted molar refractivity (Wildman–Crippen MR) is 217 cm³/mol. The van der Waals surface area contributed by atoms with Crippen molar-refractivity contribution in [3.63, 3.8) is 0 Å². The molecule has 5 N–H and O–H groups in total. The molecule has 2 aromatic rings. The fraction of sp³-hybridized carbons (Fsp3) is 0.651. The molecule has 0 saturated carbocycles. The van der Waals surface area contributed by atoms with E-state index in [1.54, 1.807) is 80.1 Å². The number of rotatable bonds is 14. The number of benzene rings is 1. The van der Waals surface area contributed by atoms with Gasteiger partial charge in [0.1, 0.15) is 24.5 Å². The number of cyclic esters (lactones) is 1. The highest BCUT2D eigenvalue weighted by Crippen LogP contribution is 2.34. The van der Waals surface area contributed by atoms with Crippen LogP contribution in [0.25, 0.3) is 0 Å². The third-order valence-electron chi connectivity index (χ3n) is 11.3. The largest absolute Gasteiger partial charge is 0.462 e. The number of hydrogen-bond donors (Lipinski definition) is 5. The van der Waals surface area contributed by atoms with Crippen LogP contribution in [0.3, 0.4) is 0 Å². The Bertz CT molecular complexity index is 1690. The van der Waals surface area contributed by atoms with Crippen LogP contribution in [-0.4, -0.2) is 141 Å². The molecular formula is C43H65N5O11. The summed E-state index contributed by atoms with van der Waals surface area (Å²) in [5.74, 6) is -3.31. The number of likely N-dealkylation sites (N-methyl/N-ethyl adjacent to an activating group) is 1. The second-order valence-electron chi connectivity index (χ2n) is 16.2. The molecule has 328 valence electrons. The number of aliphatic hydroxyl groups is 4. The van der Waals surface area contributed by atoms with E-state index in [0.717, 1.165) is 5.57 Å². The van der Waals surface area contributed by atoms with Crippen LogP contribution in [0.15, 0.2) is 60.3 Å². The Morgan fingerprint density at radius 3 is 2.46 bits per heavy atom. The van der Waals surface area contributed by atoms with Crippen LogP contribution in [0.1, 0.15) is 76.4 Å². The van der Waals surface area contributed by atoms with Crippen molar-refractivity contribution >= 4 is 17.7 Å². The minimum Gasteiger partial charge on any atom is -0.462 e. The van der Waals surface area contributed by atoms with E-state index in [1.807, 2.05) is 26.8 Å². The summed E-state index contributed by atoms with van der Waals surface area (Å²) in [6.07, 6.45) is 0.678. The number of ketones is 1. The van der Waals surface area contributed by atoms with E-state index < -0.39 is 84.6 Å². The lowest BCUT2D eigenvalue weighted by Crippen LogP contribution is -2.63. The molecule has 0 spiro atoms. The van der Waals surface area contributed by atoms with Gasteiger partial charge in [-0.1, -0.05) is 61.9 Å². The molecule has 4 rings (SSSR count). The van der Waals surface area contributed by atoms with Gasteiger partial charge in [-0.3, -0.25) is 14.3 Å². The zero-order valence-corrected chi connectivity index (χ0v) is 35.4. The van der Waals surface area contributed by atoms with Crippen LogP contribution in [-0.2, 0) is 41.7 Å². The van der Waals surface area contributed by atoms with Crippen LogP contribution in [0.2, 0.25) is 0 Å². The number of aliphatic hydroxyl groups excluding tert-OH is 4. The molecule has 2 aliphatic heterocycles. The molecule has 2 aliphatic rings. The maximum atomic E-state index is 13.6. The van der Waals surface area contributed by atoms with E-state index in [0.29, 0.717) is 50.2 Å². The van der Waals surface area contributed by atoms with Gasteiger partial charge < -0.3 is 49.6 Å². The molecule has 1 fully saturated rings. The van der Waals surface area contributed by atoms with Crippen molar-refractivity contribution in [1.82, 2.24) is 25.2 Å². The standard InChI is InChI=1S/C43H65N5O11/c1-8-36-32(24-49)20-26(2)14-15-34(50)27(3)21-31(16-17-44-18-19-48-23-33(45-46-48)25-56-42(55)30-12-10-9-11-13-30)41(28(4)35(51)22-37(52)58-36)59-43-40(54)38(47(6)7)39(53)29(5)57-43/h9-15,20,23,27-29,31-32,35-36,38-41,43-44,49,51,53-54H,8,16-19,21-22,24-25H2,1-7H3/b15-14+,26-20+/t27-,28+,29-,31+,32-,35-,36-,38?,39?,40?,41-,43+/m1/s1. The first-order valence-corrected chi connectivity index (χ1v) is 20.7. The molecular weight excluding hydrogens is 762 g/mol. The maximum absolute atomic E-state index is 13.6. The number of nitrogens with zero attached hydrogens (tertiary/aromatic N) is 4. The Morgan fingerprint density at radius 2 is 1.78 bits per heavy atom. The molecule has 16 nitrogen and oxygen atoms in total. The van der Waals surface area contributed by atoms with Crippen molar-refractivity contribution < 1.29 is 53.8 Å². The highest BCUT2D eigenvalue weighted by Gasteiger charge is 2.47. The number of allylic oxidation sites excluding steroid dienone is 3. The Balaban J connectivity index is 1.54. The summed E-state index contributed by atoms with van der Waals surface area (Å²) in [6, 6.07) is 7.97. The van der Waals surface area contributed by atoms with Gasteiger partial charge in [0, 0.05) is 24.3 Å². The molecule has 16 heteroatoms. The van der Waals surface area contributed by atoms with Gasteiger partial charge in [-0.2, -0.15) is 0 Å². The Morgan fingerprint density at radius 1 is 1.05 bits per heavy atom. The molecule has 0 radical (unpaired) electrons. The average molecular weight is 828 g/mol. The first kappa shape index (κ1) is 47.8. The van der Waals surface area contributed by atoms with Crippen LogP contribution in [0.5, 0.6) is 0 Å². The lowest BCUT2D eigenvalue weighted by atomic mass is 9.79. The lowest BCUT2D eigenvalue weighted by Gasteiger charge is -2.46. The van der Waals surface area contributed by atoms with E-state index in [2.05, 4.69) is 15.6 Å². The van der Waals surface area contributed by atoms with E-state index in [9.17, 15) is 34.8 Å². The Hall–Kier alpha value is -3.87. The number of hydrogen-bond acceptors (Lipinski definition) is 15. The SMILES string of the molecule is CC[C@H]1OC(=O)C[C@@H](O)[C@H](C)[C@@H](O[C@@H]2O[C@H](C)C(O)C(N(C)C)C2O)[C@@H](CCNCCn2cc(COC(=O)c3ccccc3)nn2)C[C@@H](C)C(=O)/C=C/C(C)=C/[C@@H]1CO. The summed E-state index contributed by atoms with van der Waals surface area (Å²) in [5, 5.41) is 55.9. The highest BCUT2D eigenvalue weighted by molar-refractivity contribution is 5.91. The smallest absolute Gasteiger partial charge is 0.338 e. The van der Waals surface area contributed by atoms with Crippen molar-refractivity contribution in [2.24, 2.45) is 23.7 Å². The van der Waals surface area contributed by atoms with Crippen LogP contribution < -0.4 is 5.32 Å². The first-order valence-electron chi connectivity index (χ1n) is 20.7. The van der Waals surface area contributed by atoms with Crippen molar-refractivity contribution in [2.75, 3.05) is 33.8 Å². The van der Waals surface area contributed by atoms with Crippen LogP contribution >= 0.6 is 0 Å². The summed E-state index contributed by atoms with van der Waals surface area (Å²) in [4.78, 5) is 41.0. The highest BCUT2D eigenvalue weighted by atomic mass is 16.7. The maximum Gasteiger partial charge on any atom is 0.338 e. The summed E-state index contributed by atoms with van der Waals surface area (Å²) in [5.41, 5.74) is 1.67. The first-order chi connectivity index (χ1) is 28.1. The molecule has 1 aromatic heterocycles. The number of carbonyl (C=O) groups excluding carboxylic acids is 3. The molecule has 0 amide bonds. The third-order valence-corrected chi connectivity index (χ3v) is 11.3. The predicted octanol–water partition coefficient (Wildman–Crippen LogP) is 2.44. The van der Waals surface area contributed by atoms with Gasteiger partial charge in [0.25, 0.3) is 0 Å². The lowest BCUT2D eigenvalue weighted by molar-refractivity contribution is -0.304. The van der Waals surface area contributed by atoms with Gasteiger partial charge >= 0.3 is 11.9 Å². The molecule has 3 unspecified atom stereocenters. The van der Waals surface area contributed by atoms with Gasteiger partial charge in [0.05, 0.1) is 61.8 Å². The number of ether oxygens (including phenoxy) is 4. The normalized spacial score (nSPS) is 32.9. The van der Waals surface area contributed by atoms with Crippen molar-refractivity contribution in [2.45, 2.75) is 122 Å². The van der Waals surface area contributed by atoms with Gasteiger partial charge in [0.2, 0.25) is 0 Å². The second kappa shape index (κ2) is 23.2. The number of esters is 2. The molecule has 0 aliphatic carbocycles. The number of aromatic nitrogens is 3. The zero-order chi connectivity index (χ0) is 43.2. The van der Waals surface area contributed by atoms with Gasteiger partial charge in [-0.25, -0.2) is 4.79 Å². The molecule has 1 saturated heterocycles. The quantitative estimate of drug-likeness (QED) is 0.137. The summed E-state index contributed by atoms with van der Waals surface area (Å²) < 4.78 is 25.5. The Kier molecular flexibility index (Phi) is 18.8. The van der Waals surface area contributed by atoms with Crippen LogP contribution in [0.4, 0.5) is 0 Å². The molecule has 1 aromatic carbocycles. The molecule has 3 heterocycles. The van der Waals surface area contributed by atoms with Gasteiger partial charge in [-0.05, 0) is 77.9 Å². The van der Waals surface area contributed by atoms with Crippen molar-refractivity contribution in [1.29, 1.82) is 0 Å². The number of nitrogens with one attached hydrogen (secondary N) is 1. The molecule has 0 bridgehead atoms. The zero-order valence-electron chi connectivity index (χ0n) is 35.4. The van der Waals surface area contributed by atoms with E-state index in [1.165, 1.54) is 6.08 Å². The second-order valence-corrected chi connectivity index (χ2v) is 16.2. The molecule has 59 heavy (non-hydrogen) atoms. The average Bonchev–Trinajstić information content (AvgIpc) is 3.67. The van der Waals surface area contributed by atoms with Gasteiger partial charge in [0.15, 0.2) is 12.1 Å². The third kappa shape index (κ3) is 13.8. The van der Waals surface area contributed by atoms with Crippen LogP contribution in [0, 0.1) is 23.7 Å². The van der Waals surface area contributed by atoms with E-state index >= 15 is 0 Å². The number of carbonyl (C=O) groups is 3. The fourth-order valence-corrected chi connectivity index (χ4v) is 7.77. The minimum atomic E-state index is -1.27. The minimum absolute atomic E-state index is 0.0251. The molecule has 12 atom stereocenters. The summed E-state index contributed by atoms with van der Waals surface area (Å²) >= 11 is 0. The Labute approximate surface area is 347 Å². The fourth-order valence-electron chi connectivity index (χ4n) is 7.77. The van der Waals surface area contributed by atoms with E-state index in [-0.39, 0.29) is 25.4 Å². The summed E-state index contributed by atoms with van der Waals surface area (Å²) in [7, 11) is 3.49. The van der Waals surface area contributed by atoms with Gasteiger partial charge in [-0.15, -0.1) is 5.10 Å².